The summed E-state index contributed by atoms with van der Waals surface area (Å²) in [6.45, 7) is 4.37. The van der Waals surface area contributed by atoms with E-state index in [9.17, 15) is 28.9 Å². The molecule has 0 aromatic rings. The van der Waals surface area contributed by atoms with E-state index in [-0.39, 0.29) is 25.9 Å². The lowest BCUT2D eigenvalue weighted by Gasteiger charge is -2.21. The molecule has 0 spiro atoms. The first kappa shape index (κ1) is 68.4. The first-order valence-electron chi connectivity index (χ1n) is 28.1. The highest BCUT2D eigenvalue weighted by Gasteiger charge is 2.28. The number of hydrogen-bond acceptors (Lipinski definition) is 10. The SMILES string of the molecule is CC/C=C\C/C=C\C/C=C\C/C=C\CCCCCCC(=O)OCC(COP(=O)(O)OCC(CO)OC(=O)CCCCCCC/C=C\C/C=C\CCC)OC(=O)CCCCCCC/C=C\C/C=C\CCCCC. The first-order valence-corrected chi connectivity index (χ1v) is 29.6. The molecular weight excluding hydrogens is 928 g/mol. The van der Waals surface area contributed by atoms with Gasteiger partial charge in [-0.3, -0.25) is 23.4 Å². The summed E-state index contributed by atoms with van der Waals surface area (Å²) < 4.78 is 39.4. The number of rotatable bonds is 51. The molecule has 3 atom stereocenters. The topological polar surface area (TPSA) is 155 Å². The summed E-state index contributed by atoms with van der Waals surface area (Å²) in [7, 11) is -4.76. The van der Waals surface area contributed by atoms with Crippen molar-refractivity contribution in [3.8, 4) is 0 Å². The molecule has 11 nitrogen and oxygen atoms in total. The van der Waals surface area contributed by atoms with Crippen molar-refractivity contribution in [2.24, 2.45) is 0 Å². The lowest BCUT2D eigenvalue weighted by Crippen LogP contribution is -2.30. The summed E-state index contributed by atoms with van der Waals surface area (Å²) >= 11 is 0. The second kappa shape index (κ2) is 53.7. The van der Waals surface area contributed by atoms with Gasteiger partial charge in [0.1, 0.15) is 12.7 Å². The third-order valence-corrected chi connectivity index (χ3v) is 12.4. The Morgan fingerprint density at radius 2 is 0.750 bits per heavy atom. The normalized spacial score (nSPS) is 14.1. The molecule has 0 saturated heterocycles. The third-order valence-electron chi connectivity index (χ3n) is 11.4. The van der Waals surface area contributed by atoms with Crippen molar-refractivity contribution >= 4 is 25.7 Å². The zero-order chi connectivity index (χ0) is 52.7. The number of phosphoric ester groups is 1. The van der Waals surface area contributed by atoms with Gasteiger partial charge in [-0.15, -0.1) is 0 Å². The Morgan fingerprint density at radius 3 is 1.17 bits per heavy atom. The predicted molar refractivity (Wildman–Crippen MR) is 297 cm³/mol. The van der Waals surface area contributed by atoms with Gasteiger partial charge >= 0.3 is 25.7 Å². The monoisotopic (exact) mass is 1030 g/mol. The van der Waals surface area contributed by atoms with E-state index in [1.54, 1.807) is 0 Å². The van der Waals surface area contributed by atoms with Gasteiger partial charge in [0.2, 0.25) is 0 Å². The predicted octanol–water partition coefficient (Wildman–Crippen LogP) is 16.5. The van der Waals surface area contributed by atoms with Gasteiger partial charge in [0.25, 0.3) is 0 Å². The van der Waals surface area contributed by atoms with Crippen LogP contribution in [0.1, 0.15) is 226 Å². The standard InChI is InChI=1S/C60H101O11P/c1-4-7-10-13-16-19-22-25-27-28-30-32-34-37-40-43-46-49-58(62)67-53-57(71-60(64)51-48-45-42-39-36-33-29-26-23-20-17-14-11-8-5-2)55-69-72(65,66)68-54-56(52-61)70-59(63)50-47-44-41-38-35-31-24-21-18-15-12-9-6-3/h7,10,12,15-17,19-21,24-27,29-30,32,56-57,61H,4-6,8-9,11,13-14,18,22-23,28,31,33-55H2,1-3H3,(H,65,66)/b10-7-,15-12-,19-16-,20-17-,24-21-,27-25-,29-26-,32-30-. The van der Waals surface area contributed by atoms with E-state index in [0.717, 1.165) is 148 Å². The van der Waals surface area contributed by atoms with Gasteiger partial charge in [0.05, 0.1) is 19.8 Å². The average Bonchev–Trinajstić information content (AvgIpc) is 3.37. The molecule has 0 rings (SSSR count). The summed E-state index contributed by atoms with van der Waals surface area (Å²) in [6.07, 6.45) is 62.2. The highest BCUT2D eigenvalue weighted by atomic mass is 31.2. The Bertz CT molecular complexity index is 1580. The number of ether oxygens (including phenoxy) is 3. The van der Waals surface area contributed by atoms with Gasteiger partial charge in [0.15, 0.2) is 6.10 Å². The van der Waals surface area contributed by atoms with Crippen LogP contribution >= 0.6 is 7.82 Å². The molecule has 0 aliphatic heterocycles. The molecule has 12 heteroatoms. The van der Waals surface area contributed by atoms with Crippen LogP contribution in [0.3, 0.4) is 0 Å². The molecule has 3 unspecified atom stereocenters. The lowest BCUT2D eigenvalue weighted by molar-refractivity contribution is -0.161. The molecule has 0 radical (unpaired) electrons. The van der Waals surface area contributed by atoms with Crippen molar-refractivity contribution in [3.05, 3.63) is 97.2 Å². The number of carbonyl (C=O) groups is 3. The Kier molecular flexibility index (Phi) is 51.0. The number of esters is 3. The fraction of sp³-hybridized carbons (Fsp3) is 0.683. The van der Waals surface area contributed by atoms with Crippen LogP contribution in [0.25, 0.3) is 0 Å². The molecule has 0 heterocycles. The van der Waals surface area contributed by atoms with Gasteiger partial charge in [0, 0.05) is 19.3 Å². The molecule has 0 saturated carbocycles. The summed E-state index contributed by atoms with van der Waals surface area (Å²) in [6, 6.07) is 0. The summed E-state index contributed by atoms with van der Waals surface area (Å²) in [5.74, 6) is -1.53. The van der Waals surface area contributed by atoms with Crippen molar-refractivity contribution in [2.45, 2.75) is 238 Å². The van der Waals surface area contributed by atoms with Crippen molar-refractivity contribution in [3.63, 3.8) is 0 Å². The van der Waals surface area contributed by atoms with Gasteiger partial charge < -0.3 is 24.2 Å². The quantitative estimate of drug-likeness (QED) is 0.0197. The van der Waals surface area contributed by atoms with Crippen molar-refractivity contribution in [1.29, 1.82) is 0 Å². The summed E-state index contributed by atoms with van der Waals surface area (Å²) in [5, 5.41) is 9.80. The van der Waals surface area contributed by atoms with Crippen molar-refractivity contribution in [2.75, 3.05) is 26.4 Å². The number of carbonyl (C=O) groups excluding carboxylic acids is 3. The van der Waals surface area contributed by atoms with Gasteiger partial charge in [-0.05, 0) is 116 Å². The van der Waals surface area contributed by atoms with E-state index >= 15 is 0 Å². The maximum atomic E-state index is 12.9. The molecular formula is C60H101O11P. The van der Waals surface area contributed by atoms with Crippen LogP contribution < -0.4 is 0 Å². The minimum atomic E-state index is -4.76. The van der Waals surface area contributed by atoms with E-state index in [1.165, 1.54) is 19.3 Å². The van der Waals surface area contributed by atoms with Crippen LogP contribution in [0, 0.1) is 0 Å². The van der Waals surface area contributed by atoms with Gasteiger partial charge in [-0.25, -0.2) is 4.57 Å². The zero-order valence-electron chi connectivity index (χ0n) is 45.4. The number of phosphoric acid groups is 1. The van der Waals surface area contributed by atoms with Crippen LogP contribution in [0.2, 0.25) is 0 Å². The minimum Gasteiger partial charge on any atom is -0.462 e. The Labute approximate surface area is 438 Å². The Balaban J connectivity index is 4.81. The van der Waals surface area contributed by atoms with E-state index in [2.05, 4.69) is 118 Å². The Morgan fingerprint density at radius 1 is 0.403 bits per heavy atom. The first-order chi connectivity index (χ1) is 35.2. The maximum Gasteiger partial charge on any atom is 0.472 e. The molecule has 0 aromatic heterocycles. The molecule has 0 fully saturated rings. The number of hydrogen-bond donors (Lipinski definition) is 2. The molecule has 412 valence electrons. The largest absolute Gasteiger partial charge is 0.472 e. The smallest absolute Gasteiger partial charge is 0.462 e. The molecule has 2 N–H and O–H groups in total. The minimum absolute atomic E-state index is 0.141. The fourth-order valence-corrected chi connectivity index (χ4v) is 7.96. The van der Waals surface area contributed by atoms with Crippen LogP contribution in [0.4, 0.5) is 0 Å². The van der Waals surface area contributed by atoms with E-state index < -0.39 is 57.8 Å². The van der Waals surface area contributed by atoms with Crippen LogP contribution in [0.5, 0.6) is 0 Å². The van der Waals surface area contributed by atoms with Gasteiger partial charge in [-0.1, -0.05) is 189 Å². The molecule has 0 aromatic carbocycles. The second-order valence-corrected chi connectivity index (χ2v) is 19.8. The average molecular weight is 1030 g/mol. The fourth-order valence-electron chi connectivity index (χ4n) is 7.18. The van der Waals surface area contributed by atoms with E-state index in [0.29, 0.717) is 19.3 Å². The number of aliphatic hydroxyl groups excluding tert-OH is 1. The molecule has 0 amide bonds. The van der Waals surface area contributed by atoms with Crippen molar-refractivity contribution in [1.82, 2.24) is 0 Å². The van der Waals surface area contributed by atoms with Gasteiger partial charge in [-0.2, -0.15) is 0 Å². The molecule has 72 heavy (non-hydrogen) atoms. The second-order valence-electron chi connectivity index (χ2n) is 18.4. The van der Waals surface area contributed by atoms with Crippen LogP contribution in [-0.4, -0.2) is 66.5 Å². The highest BCUT2D eigenvalue weighted by molar-refractivity contribution is 7.47. The summed E-state index contributed by atoms with van der Waals surface area (Å²) in [5.41, 5.74) is 0. The lowest BCUT2D eigenvalue weighted by atomic mass is 10.1. The molecule has 0 aliphatic rings. The highest BCUT2D eigenvalue weighted by Crippen LogP contribution is 2.43. The van der Waals surface area contributed by atoms with E-state index in [1.807, 2.05) is 0 Å². The summed E-state index contributed by atoms with van der Waals surface area (Å²) in [4.78, 5) is 48.5. The molecule has 0 aliphatic carbocycles. The zero-order valence-corrected chi connectivity index (χ0v) is 46.3. The number of allylic oxidation sites excluding steroid dienone is 16. The number of unbranched alkanes of at least 4 members (excludes halogenated alkanes) is 18. The van der Waals surface area contributed by atoms with Crippen molar-refractivity contribution < 1.29 is 52.2 Å². The Hall–Kier alpha value is -3.60. The van der Waals surface area contributed by atoms with E-state index in [4.69, 9.17) is 23.3 Å². The number of aliphatic hydroxyl groups is 1. The maximum absolute atomic E-state index is 12.9. The third kappa shape index (κ3) is 51.3. The molecule has 0 bridgehead atoms. The van der Waals surface area contributed by atoms with Crippen LogP contribution in [0.15, 0.2) is 97.2 Å². The van der Waals surface area contributed by atoms with Crippen LogP contribution in [-0.2, 0) is 42.2 Å².